The summed E-state index contributed by atoms with van der Waals surface area (Å²) in [6, 6.07) is 25.2. The van der Waals surface area contributed by atoms with Gasteiger partial charge in [-0.05, 0) is 71.6 Å². The molecule has 0 saturated heterocycles. The lowest BCUT2D eigenvalue weighted by molar-refractivity contribution is -0.122. The lowest BCUT2D eigenvalue weighted by Gasteiger charge is -2.30. The number of rotatable bonds is 7. The van der Waals surface area contributed by atoms with Crippen molar-refractivity contribution in [1.82, 2.24) is 0 Å². The monoisotopic (exact) mass is 399 g/mol. The van der Waals surface area contributed by atoms with Crippen LogP contribution in [0.4, 0.5) is 0 Å². The first-order valence-corrected chi connectivity index (χ1v) is 10.8. The lowest BCUT2D eigenvalue weighted by atomic mass is 9.74. The van der Waals surface area contributed by atoms with Crippen LogP contribution in [0.5, 0.6) is 5.75 Å². The van der Waals surface area contributed by atoms with Gasteiger partial charge < -0.3 is 10.5 Å². The minimum atomic E-state index is -0.186. The molecule has 0 heterocycles. The molecule has 0 saturated carbocycles. The van der Waals surface area contributed by atoms with Crippen LogP contribution in [0, 0.1) is 5.92 Å². The number of carbonyl (C=O) groups is 1. The van der Waals surface area contributed by atoms with E-state index >= 15 is 0 Å². The Labute approximate surface area is 178 Å². The Kier molecular flexibility index (Phi) is 6.18. The van der Waals surface area contributed by atoms with Gasteiger partial charge in [-0.25, -0.2) is 0 Å². The van der Waals surface area contributed by atoms with Gasteiger partial charge in [-0.2, -0.15) is 0 Å². The second-order valence-corrected chi connectivity index (χ2v) is 8.13. The largest absolute Gasteiger partial charge is 0.489 e. The third-order valence-electron chi connectivity index (χ3n) is 6.23. The van der Waals surface area contributed by atoms with Crippen LogP contribution in [-0.2, 0) is 17.8 Å². The fourth-order valence-corrected chi connectivity index (χ4v) is 4.61. The van der Waals surface area contributed by atoms with Crippen LogP contribution < -0.4 is 10.5 Å². The van der Waals surface area contributed by atoms with E-state index in [0.29, 0.717) is 6.61 Å². The molecule has 4 rings (SSSR count). The van der Waals surface area contributed by atoms with E-state index in [1.54, 1.807) is 0 Å². The molecule has 1 aliphatic rings. The Hall–Kier alpha value is -3.07. The maximum atomic E-state index is 11.9. The number of carbonyl (C=O) groups excluding carboxylic acids is 1. The van der Waals surface area contributed by atoms with Crippen LogP contribution >= 0.6 is 0 Å². The summed E-state index contributed by atoms with van der Waals surface area (Å²) in [7, 11) is 0. The van der Waals surface area contributed by atoms with Gasteiger partial charge in [-0.1, -0.05) is 67.6 Å². The van der Waals surface area contributed by atoms with E-state index in [0.717, 1.165) is 37.0 Å². The molecule has 0 bridgehead atoms. The number of primary amides is 1. The van der Waals surface area contributed by atoms with Gasteiger partial charge in [0.1, 0.15) is 12.4 Å². The van der Waals surface area contributed by atoms with E-state index < -0.39 is 0 Å². The molecule has 0 aromatic heterocycles. The van der Waals surface area contributed by atoms with Gasteiger partial charge >= 0.3 is 0 Å². The van der Waals surface area contributed by atoms with Crippen LogP contribution in [0.25, 0.3) is 11.1 Å². The first-order valence-electron chi connectivity index (χ1n) is 10.8. The molecule has 0 radical (unpaired) electrons. The Morgan fingerprint density at radius 1 is 1.03 bits per heavy atom. The summed E-state index contributed by atoms with van der Waals surface area (Å²) >= 11 is 0. The SMILES string of the molecule is CCC(C(N)=O)C1CCCc2cc(OCc3ccc(-c4ccccc4)cc3)ccc21. The molecule has 30 heavy (non-hydrogen) atoms. The molecule has 3 aromatic rings. The van der Waals surface area contributed by atoms with Crippen LogP contribution in [0.3, 0.4) is 0 Å². The second kappa shape index (κ2) is 9.17. The first-order chi connectivity index (χ1) is 14.7. The van der Waals surface area contributed by atoms with Crippen molar-refractivity contribution in [2.24, 2.45) is 11.7 Å². The molecule has 154 valence electrons. The number of ether oxygens (including phenoxy) is 1. The number of amides is 1. The smallest absolute Gasteiger partial charge is 0.221 e. The predicted molar refractivity (Wildman–Crippen MR) is 121 cm³/mol. The third kappa shape index (κ3) is 4.40. The first kappa shape index (κ1) is 20.2. The maximum Gasteiger partial charge on any atom is 0.221 e. The van der Waals surface area contributed by atoms with Crippen molar-refractivity contribution in [3.05, 3.63) is 89.5 Å². The van der Waals surface area contributed by atoms with Gasteiger partial charge in [0.25, 0.3) is 0 Å². The van der Waals surface area contributed by atoms with Crippen LogP contribution in [-0.4, -0.2) is 5.91 Å². The molecule has 3 nitrogen and oxygen atoms in total. The lowest BCUT2D eigenvalue weighted by Crippen LogP contribution is -2.30. The zero-order valence-corrected chi connectivity index (χ0v) is 17.5. The molecule has 2 N–H and O–H groups in total. The fourth-order valence-electron chi connectivity index (χ4n) is 4.61. The highest BCUT2D eigenvalue weighted by molar-refractivity contribution is 5.78. The average molecular weight is 400 g/mol. The number of hydrogen-bond acceptors (Lipinski definition) is 2. The van der Waals surface area contributed by atoms with E-state index in [-0.39, 0.29) is 17.7 Å². The van der Waals surface area contributed by atoms with Gasteiger partial charge in [0.2, 0.25) is 5.91 Å². The summed E-state index contributed by atoms with van der Waals surface area (Å²) in [4.78, 5) is 11.9. The van der Waals surface area contributed by atoms with E-state index in [4.69, 9.17) is 10.5 Å². The fraction of sp³-hybridized carbons (Fsp3) is 0.296. The van der Waals surface area contributed by atoms with E-state index in [2.05, 4.69) is 60.7 Å². The molecule has 2 atom stereocenters. The summed E-state index contributed by atoms with van der Waals surface area (Å²) < 4.78 is 6.08. The molecule has 3 heteroatoms. The highest BCUT2D eigenvalue weighted by Gasteiger charge is 2.30. The summed E-state index contributed by atoms with van der Waals surface area (Å²) in [5, 5.41) is 0. The Balaban J connectivity index is 1.44. The molecular formula is C27H29NO2. The van der Waals surface area contributed by atoms with Gasteiger partial charge in [0.15, 0.2) is 0 Å². The third-order valence-corrected chi connectivity index (χ3v) is 6.23. The zero-order valence-electron chi connectivity index (χ0n) is 17.5. The Morgan fingerprint density at radius 2 is 1.77 bits per heavy atom. The number of benzene rings is 3. The quantitative estimate of drug-likeness (QED) is 0.541. The predicted octanol–water partition coefficient (Wildman–Crippen LogP) is 5.86. The van der Waals surface area contributed by atoms with Crippen LogP contribution in [0.2, 0.25) is 0 Å². The van der Waals surface area contributed by atoms with Crippen LogP contribution in [0.1, 0.15) is 48.8 Å². The molecule has 0 aliphatic heterocycles. The van der Waals surface area contributed by atoms with Gasteiger partial charge in [0.05, 0.1) is 0 Å². The van der Waals surface area contributed by atoms with Gasteiger partial charge in [-0.15, -0.1) is 0 Å². The van der Waals surface area contributed by atoms with Crippen molar-refractivity contribution in [2.45, 2.75) is 45.1 Å². The van der Waals surface area contributed by atoms with Crippen molar-refractivity contribution in [3.63, 3.8) is 0 Å². The summed E-state index contributed by atoms with van der Waals surface area (Å²) in [6.07, 6.45) is 3.94. The Morgan fingerprint density at radius 3 is 2.47 bits per heavy atom. The number of fused-ring (bicyclic) bond motifs is 1. The van der Waals surface area contributed by atoms with E-state index in [1.165, 1.54) is 22.3 Å². The summed E-state index contributed by atoms with van der Waals surface area (Å²) in [5.74, 6) is 0.845. The van der Waals surface area contributed by atoms with Gasteiger partial charge in [-0.3, -0.25) is 4.79 Å². The van der Waals surface area contributed by atoms with Crippen molar-refractivity contribution >= 4 is 5.91 Å². The minimum Gasteiger partial charge on any atom is -0.489 e. The molecule has 0 fully saturated rings. The summed E-state index contributed by atoms with van der Waals surface area (Å²) in [5.41, 5.74) is 11.8. The molecule has 1 aliphatic carbocycles. The normalized spacial score (nSPS) is 16.5. The summed E-state index contributed by atoms with van der Waals surface area (Å²) in [6.45, 7) is 2.58. The zero-order chi connectivity index (χ0) is 20.9. The Bertz CT molecular complexity index is 995. The minimum absolute atomic E-state index is 0.0843. The average Bonchev–Trinajstić information content (AvgIpc) is 2.79. The molecule has 0 spiro atoms. The molecular weight excluding hydrogens is 370 g/mol. The highest BCUT2D eigenvalue weighted by atomic mass is 16.5. The second-order valence-electron chi connectivity index (χ2n) is 8.13. The van der Waals surface area contributed by atoms with Gasteiger partial charge in [0, 0.05) is 5.92 Å². The van der Waals surface area contributed by atoms with E-state index in [9.17, 15) is 4.79 Å². The van der Waals surface area contributed by atoms with Crippen molar-refractivity contribution in [3.8, 4) is 16.9 Å². The topological polar surface area (TPSA) is 52.3 Å². The number of aryl methyl sites for hydroxylation is 1. The van der Waals surface area contributed by atoms with Crippen molar-refractivity contribution < 1.29 is 9.53 Å². The highest BCUT2D eigenvalue weighted by Crippen LogP contribution is 2.39. The van der Waals surface area contributed by atoms with E-state index in [1.807, 2.05) is 19.1 Å². The molecule has 1 amide bonds. The number of hydrogen-bond donors (Lipinski definition) is 1. The molecule has 3 aromatic carbocycles. The maximum absolute atomic E-state index is 11.9. The van der Waals surface area contributed by atoms with Crippen LogP contribution in [0.15, 0.2) is 72.8 Å². The molecule has 2 unspecified atom stereocenters. The van der Waals surface area contributed by atoms with Crippen molar-refractivity contribution in [1.29, 1.82) is 0 Å². The standard InChI is InChI=1S/C27H29NO2/c1-2-24(27(28)29)26-10-6-9-22-17-23(15-16-25(22)26)30-18-19-11-13-21(14-12-19)20-7-4-3-5-8-20/h3-5,7-8,11-17,24,26H,2,6,9-10,18H2,1H3,(H2,28,29). The van der Waals surface area contributed by atoms with Crippen molar-refractivity contribution in [2.75, 3.05) is 0 Å². The number of nitrogens with two attached hydrogens (primary N) is 1.